The van der Waals surface area contributed by atoms with Crippen LogP contribution in [0, 0.1) is 5.82 Å². The number of carbonyl (C=O) groups is 2. The Morgan fingerprint density at radius 2 is 1.51 bits per heavy atom. The highest BCUT2D eigenvalue weighted by Crippen LogP contribution is 2.34. The Balaban J connectivity index is 1.38. The van der Waals surface area contributed by atoms with Crippen molar-refractivity contribution in [3.63, 3.8) is 0 Å². The lowest BCUT2D eigenvalue weighted by Gasteiger charge is -2.25. The molecule has 0 atom stereocenters. The second kappa shape index (κ2) is 12.1. The lowest BCUT2D eigenvalue weighted by Crippen LogP contribution is -2.38. The summed E-state index contributed by atoms with van der Waals surface area (Å²) in [5, 5.41) is 5.47. The van der Waals surface area contributed by atoms with Gasteiger partial charge in [-0.05, 0) is 54.1 Å². The van der Waals surface area contributed by atoms with Crippen LogP contribution in [0.4, 0.5) is 15.8 Å². The van der Waals surface area contributed by atoms with E-state index in [1.807, 2.05) is 30.3 Å². The number of rotatable bonds is 9. The summed E-state index contributed by atoms with van der Waals surface area (Å²) < 4.78 is 53.1. The predicted octanol–water partition coefficient (Wildman–Crippen LogP) is 4.36. The highest BCUT2D eigenvalue weighted by Gasteiger charge is 2.29. The van der Waals surface area contributed by atoms with Gasteiger partial charge in [0.25, 0.3) is 15.9 Å². The maximum atomic E-state index is 13.8. The van der Waals surface area contributed by atoms with Crippen molar-refractivity contribution in [2.45, 2.75) is 11.4 Å². The van der Waals surface area contributed by atoms with E-state index in [4.69, 9.17) is 9.47 Å². The molecule has 4 aromatic rings. The van der Waals surface area contributed by atoms with Crippen molar-refractivity contribution in [3.05, 3.63) is 114 Å². The van der Waals surface area contributed by atoms with Gasteiger partial charge >= 0.3 is 0 Å². The molecule has 0 unspecified atom stereocenters. The maximum absolute atomic E-state index is 13.8. The first-order valence-electron chi connectivity index (χ1n) is 12.7. The minimum absolute atomic E-state index is 0.0744. The third kappa shape index (κ3) is 6.47. The molecule has 1 aliphatic rings. The summed E-state index contributed by atoms with van der Waals surface area (Å²) in [4.78, 5) is 26.1. The number of hydrogen-bond acceptors (Lipinski definition) is 6. The van der Waals surface area contributed by atoms with Crippen LogP contribution in [0.2, 0.25) is 0 Å². The molecule has 1 aliphatic heterocycles. The lowest BCUT2D eigenvalue weighted by molar-refractivity contribution is -0.114. The number of para-hydroxylation sites is 1. The Morgan fingerprint density at radius 1 is 0.829 bits per heavy atom. The van der Waals surface area contributed by atoms with Crippen LogP contribution < -0.4 is 24.4 Å². The number of hydrogen-bond donors (Lipinski definition) is 2. The van der Waals surface area contributed by atoms with E-state index in [9.17, 15) is 22.4 Å². The quantitative estimate of drug-likeness (QED) is 0.307. The molecule has 0 saturated carbocycles. The number of benzene rings is 4. The van der Waals surface area contributed by atoms with E-state index >= 15 is 0 Å². The molecule has 0 bridgehead atoms. The molecule has 9 nitrogen and oxygen atoms in total. The van der Waals surface area contributed by atoms with Crippen LogP contribution in [0.25, 0.3) is 0 Å². The maximum Gasteiger partial charge on any atom is 0.264 e. The standard InChI is InChI=1S/C30H26FN3O6S/c31-22-10-12-23(13-11-22)34(41(37,38)24-14-15-27-28(18-24)40-17-16-39-27)20-29(35)33-26-9-5-4-8-25(26)30(36)32-19-21-6-2-1-3-7-21/h1-15,18H,16-17,19-20H2,(H,32,36)(H,33,35). The van der Waals surface area contributed by atoms with Gasteiger partial charge in [-0.3, -0.25) is 13.9 Å². The summed E-state index contributed by atoms with van der Waals surface area (Å²) in [6.45, 7) is 0.238. The van der Waals surface area contributed by atoms with E-state index in [0.717, 1.165) is 22.0 Å². The number of ether oxygens (including phenoxy) is 2. The van der Waals surface area contributed by atoms with Crippen molar-refractivity contribution < 1.29 is 31.9 Å². The van der Waals surface area contributed by atoms with E-state index in [1.165, 1.54) is 30.3 Å². The number of anilines is 2. The molecule has 2 amide bonds. The van der Waals surface area contributed by atoms with Gasteiger partial charge in [-0.1, -0.05) is 42.5 Å². The predicted molar refractivity (Wildman–Crippen MR) is 151 cm³/mol. The second-order valence-corrected chi connectivity index (χ2v) is 10.9. The molecule has 11 heteroatoms. The molecule has 0 fully saturated rings. The van der Waals surface area contributed by atoms with Crippen molar-refractivity contribution in [3.8, 4) is 11.5 Å². The van der Waals surface area contributed by atoms with Crippen molar-refractivity contribution in [2.24, 2.45) is 0 Å². The number of nitrogens with zero attached hydrogens (tertiary/aromatic N) is 1. The smallest absolute Gasteiger partial charge is 0.264 e. The summed E-state index contributed by atoms with van der Waals surface area (Å²) in [5.74, 6) is -1.02. The number of fused-ring (bicyclic) bond motifs is 1. The molecular weight excluding hydrogens is 549 g/mol. The first-order valence-corrected chi connectivity index (χ1v) is 14.1. The van der Waals surface area contributed by atoms with E-state index in [1.54, 1.807) is 24.3 Å². The Labute approximate surface area is 236 Å². The molecule has 41 heavy (non-hydrogen) atoms. The average molecular weight is 576 g/mol. The number of sulfonamides is 1. The van der Waals surface area contributed by atoms with E-state index in [-0.39, 0.29) is 40.7 Å². The third-order valence-corrected chi connectivity index (χ3v) is 8.01. The molecular formula is C30H26FN3O6S. The van der Waals surface area contributed by atoms with Gasteiger partial charge in [0.2, 0.25) is 5.91 Å². The molecule has 0 aromatic heterocycles. The minimum Gasteiger partial charge on any atom is -0.486 e. The van der Waals surface area contributed by atoms with Gasteiger partial charge in [-0.15, -0.1) is 0 Å². The van der Waals surface area contributed by atoms with Crippen LogP contribution in [0.5, 0.6) is 11.5 Å². The first-order chi connectivity index (χ1) is 19.8. The van der Waals surface area contributed by atoms with Gasteiger partial charge in [-0.2, -0.15) is 0 Å². The van der Waals surface area contributed by atoms with Crippen molar-refractivity contribution >= 4 is 33.2 Å². The summed E-state index contributed by atoms with van der Waals surface area (Å²) in [6, 6.07) is 24.7. The normalized spacial score (nSPS) is 12.3. The molecule has 0 aliphatic carbocycles. The van der Waals surface area contributed by atoms with Gasteiger partial charge in [0.1, 0.15) is 25.6 Å². The van der Waals surface area contributed by atoms with Crippen LogP contribution in [-0.2, 0) is 21.4 Å². The SMILES string of the molecule is O=C(CN(c1ccc(F)cc1)S(=O)(=O)c1ccc2c(c1)OCCO2)Nc1ccccc1C(=O)NCc1ccccc1. The number of amides is 2. The van der Waals surface area contributed by atoms with Crippen molar-refractivity contribution in [2.75, 3.05) is 29.4 Å². The molecule has 1 heterocycles. The van der Waals surface area contributed by atoms with Gasteiger partial charge in [0.05, 0.1) is 21.8 Å². The third-order valence-electron chi connectivity index (χ3n) is 6.25. The zero-order valence-corrected chi connectivity index (χ0v) is 22.6. The lowest BCUT2D eigenvalue weighted by atomic mass is 10.1. The van der Waals surface area contributed by atoms with Crippen molar-refractivity contribution in [1.29, 1.82) is 0 Å². The van der Waals surface area contributed by atoms with E-state index in [0.29, 0.717) is 12.4 Å². The largest absolute Gasteiger partial charge is 0.486 e. The highest BCUT2D eigenvalue weighted by molar-refractivity contribution is 7.92. The van der Waals surface area contributed by atoms with Crippen LogP contribution in [0.15, 0.2) is 102 Å². The Hall–Kier alpha value is -4.90. The summed E-state index contributed by atoms with van der Waals surface area (Å²) in [6.07, 6.45) is 0. The first kappa shape index (κ1) is 27.7. The number of halogens is 1. The Kier molecular flexibility index (Phi) is 8.16. The molecule has 2 N–H and O–H groups in total. The van der Waals surface area contributed by atoms with Gasteiger partial charge in [-0.25, -0.2) is 12.8 Å². The van der Waals surface area contributed by atoms with E-state index < -0.39 is 34.2 Å². The fourth-order valence-electron chi connectivity index (χ4n) is 4.22. The Bertz CT molecular complexity index is 1660. The molecule has 210 valence electrons. The van der Waals surface area contributed by atoms with Crippen LogP contribution >= 0.6 is 0 Å². The fourth-order valence-corrected chi connectivity index (χ4v) is 5.65. The Morgan fingerprint density at radius 3 is 2.27 bits per heavy atom. The monoisotopic (exact) mass is 575 g/mol. The summed E-state index contributed by atoms with van der Waals surface area (Å²) in [5.41, 5.74) is 1.39. The molecule has 0 spiro atoms. The van der Waals surface area contributed by atoms with Gasteiger partial charge < -0.3 is 20.1 Å². The average Bonchev–Trinajstić information content (AvgIpc) is 2.99. The fraction of sp³-hybridized carbons (Fsp3) is 0.133. The molecule has 5 rings (SSSR count). The van der Waals surface area contributed by atoms with Crippen LogP contribution in [-0.4, -0.2) is 40.0 Å². The molecule has 4 aromatic carbocycles. The van der Waals surface area contributed by atoms with Crippen LogP contribution in [0.3, 0.4) is 0 Å². The minimum atomic E-state index is -4.32. The molecule has 0 saturated heterocycles. The zero-order chi connectivity index (χ0) is 28.8. The second-order valence-electron chi connectivity index (χ2n) is 9.06. The molecule has 0 radical (unpaired) electrons. The zero-order valence-electron chi connectivity index (χ0n) is 21.7. The van der Waals surface area contributed by atoms with E-state index in [2.05, 4.69) is 10.6 Å². The summed E-state index contributed by atoms with van der Waals surface area (Å²) in [7, 11) is -4.32. The topological polar surface area (TPSA) is 114 Å². The highest BCUT2D eigenvalue weighted by atomic mass is 32.2. The van der Waals surface area contributed by atoms with Crippen molar-refractivity contribution in [1.82, 2.24) is 5.32 Å². The van der Waals surface area contributed by atoms with Crippen LogP contribution in [0.1, 0.15) is 15.9 Å². The number of nitrogens with one attached hydrogen (secondary N) is 2. The number of carbonyl (C=O) groups excluding carboxylic acids is 2. The summed E-state index contributed by atoms with van der Waals surface area (Å²) >= 11 is 0. The van der Waals surface area contributed by atoms with Gasteiger partial charge in [0, 0.05) is 12.6 Å². The van der Waals surface area contributed by atoms with Gasteiger partial charge in [0.15, 0.2) is 11.5 Å².